The number of para-hydroxylation sites is 1. The Morgan fingerprint density at radius 3 is 2.76 bits per heavy atom. The number of rotatable bonds is 2. The molecular weight excluding hydrogens is 308 g/mol. The van der Waals surface area contributed by atoms with Crippen molar-refractivity contribution in [1.29, 1.82) is 0 Å². The number of hydrogen-bond acceptors (Lipinski definition) is 2. The molecule has 2 aliphatic heterocycles. The van der Waals surface area contributed by atoms with Crippen molar-refractivity contribution >= 4 is 10.9 Å². The van der Waals surface area contributed by atoms with E-state index in [9.17, 15) is 5.11 Å². The van der Waals surface area contributed by atoms with Crippen LogP contribution in [-0.4, -0.2) is 27.1 Å². The highest BCUT2D eigenvalue weighted by Gasteiger charge is 2.43. The molecule has 2 aliphatic rings. The lowest BCUT2D eigenvalue weighted by molar-refractivity contribution is -0.0368. The minimum absolute atomic E-state index is 0.214. The lowest BCUT2D eigenvalue weighted by Crippen LogP contribution is -2.53. The molecule has 0 amide bonds. The Labute approximate surface area is 148 Å². The number of nitrogens with zero attached hydrogens (tertiary/aromatic N) is 1. The number of benzene rings is 2. The van der Waals surface area contributed by atoms with E-state index in [1.807, 2.05) is 0 Å². The second-order valence-corrected chi connectivity index (χ2v) is 7.60. The molecule has 2 N–H and O–H groups in total. The third-order valence-corrected chi connectivity index (χ3v) is 6.14. The highest BCUT2D eigenvalue weighted by Crippen LogP contribution is 2.45. The van der Waals surface area contributed by atoms with E-state index >= 15 is 0 Å². The van der Waals surface area contributed by atoms with Crippen LogP contribution in [0.3, 0.4) is 0 Å². The first-order valence-electron chi connectivity index (χ1n) is 9.30. The average Bonchev–Trinajstić information content (AvgIpc) is 2.99. The van der Waals surface area contributed by atoms with Crippen LogP contribution >= 0.6 is 0 Å². The van der Waals surface area contributed by atoms with Gasteiger partial charge < -0.3 is 10.1 Å². The molecule has 0 radical (unpaired) electrons. The predicted molar refractivity (Wildman–Crippen MR) is 100 cm³/mol. The zero-order valence-corrected chi connectivity index (χ0v) is 14.6. The second kappa shape index (κ2) is 5.72. The number of hydrogen-bond donors (Lipinski definition) is 2. The van der Waals surface area contributed by atoms with Gasteiger partial charge in [0.05, 0.1) is 12.1 Å². The van der Waals surface area contributed by atoms with Gasteiger partial charge in [-0.05, 0) is 42.9 Å². The Kier molecular flexibility index (Phi) is 3.47. The van der Waals surface area contributed by atoms with Gasteiger partial charge in [0.1, 0.15) is 0 Å². The van der Waals surface area contributed by atoms with Gasteiger partial charge in [0, 0.05) is 29.2 Å². The number of aryl methyl sites for hydroxylation is 1. The molecule has 25 heavy (non-hydrogen) atoms. The molecule has 2 bridgehead atoms. The maximum absolute atomic E-state index is 10.7. The zero-order valence-electron chi connectivity index (χ0n) is 14.6. The minimum Gasteiger partial charge on any atom is -0.391 e. The average molecular weight is 332 g/mol. The van der Waals surface area contributed by atoms with E-state index in [1.165, 1.54) is 33.3 Å². The van der Waals surface area contributed by atoms with Crippen LogP contribution in [0.1, 0.15) is 41.3 Å². The number of fused-ring (bicyclic) bond motifs is 6. The number of aromatic amines is 1. The van der Waals surface area contributed by atoms with Gasteiger partial charge in [0.15, 0.2) is 0 Å². The molecule has 3 heteroatoms. The third-order valence-electron chi connectivity index (χ3n) is 6.14. The third kappa shape index (κ3) is 2.34. The Hall–Kier alpha value is -2.10. The predicted octanol–water partition coefficient (Wildman–Crippen LogP) is 4.10. The van der Waals surface area contributed by atoms with Crippen molar-refractivity contribution in [2.24, 2.45) is 0 Å². The molecular formula is C22H24N2O. The molecule has 2 aromatic carbocycles. The van der Waals surface area contributed by atoms with Crippen LogP contribution in [0.15, 0.2) is 48.5 Å². The van der Waals surface area contributed by atoms with Crippen LogP contribution in [0.4, 0.5) is 0 Å². The molecule has 1 saturated heterocycles. The Morgan fingerprint density at radius 2 is 1.92 bits per heavy atom. The number of nitrogens with one attached hydrogen (secondary N) is 1. The van der Waals surface area contributed by atoms with Gasteiger partial charge in [-0.2, -0.15) is 0 Å². The largest absolute Gasteiger partial charge is 0.391 e. The number of aliphatic hydroxyl groups is 1. The van der Waals surface area contributed by atoms with E-state index < -0.39 is 0 Å². The van der Waals surface area contributed by atoms with Crippen molar-refractivity contribution in [3.63, 3.8) is 0 Å². The van der Waals surface area contributed by atoms with Crippen molar-refractivity contribution in [2.75, 3.05) is 0 Å². The highest BCUT2D eigenvalue weighted by molar-refractivity contribution is 5.87. The minimum atomic E-state index is -0.233. The van der Waals surface area contributed by atoms with Crippen LogP contribution in [0.25, 0.3) is 10.9 Å². The number of aliphatic hydroxyl groups excluding tert-OH is 1. The first kappa shape index (κ1) is 15.2. The van der Waals surface area contributed by atoms with Crippen LogP contribution in [0.5, 0.6) is 0 Å². The summed E-state index contributed by atoms with van der Waals surface area (Å²) in [6.45, 7) is 3.08. The first-order chi connectivity index (χ1) is 12.2. The molecule has 1 aromatic heterocycles. The van der Waals surface area contributed by atoms with Gasteiger partial charge in [-0.25, -0.2) is 0 Å². The van der Waals surface area contributed by atoms with E-state index in [1.54, 1.807) is 0 Å². The van der Waals surface area contributed by atoms with Gasteiger partial charge in [0.2, 0.25) is 0 Å². The van der Waals surface area contributed by atoms with E-state index in [2.05, 4.69) is 65.3 Å². The van der Waals surface area contributed by atoms with Gasteiger partial charge in [0.25, 0.3) is 0 Å². The Balaban J connectivity index is 1.61. The van der Waals surface area contributed by atoms with Crippen molar-refractivity contribution in [3.8, 4) is 0 Å². The second-order valence-electron chi connectivity index (χ2n) is 7.60. The monoisotopic (exact) mass is 332 g/mol. The summed E-state index contributed by atoms with van der Waals surface area (Å²) in [6.07, 6.45) is 2.61. The SMILES string of the molecule is Cc1cccc2c3c([nH]c12)[C@H]1CC[C@@H](O)[C@@H](C3)N1Cc1ccccc1. The quantitative estimate of drug-likeness (QED) is 0.742. The summed E-state index contributed by atoms with van der Waals surface area (Å²) in [7, 11) is 0. The maximum atomic E-state index is 10.7. The van der Waals surface area contributed by atoms with Gasteiger partial charge in [-0.3, -0.25) is 4.90 Å². The summed E-state index contributed by atoms with van der Waals surface area (Å²) in [4.78, 5) is 6.27. The maximum Gasteiger partial charge on any atom is 0.0699 e. The topological polar surface area (TPSA) is 39.3 Å². The highest BCUT2D eigenvalue weighted by atomic mass is 16.3. The zero-order chi connectivity index (χ0) is 17.0. The van der Waals surface area contributed by atoms with Crippen LogP contribution < -0.4 is 0 Å². The Bertz CT molecular complexity index is 914. The van der Waals surface area contributed by atoms with Crippen molar-refractivity contribution in [2.45, 2.75) is 50.9 Å². The van der Waals surface area contributed by atoms with Crippen molar-refractivity contribution < 1.29 is 5.11 Å². The summed E-state index contributed by atoms with van der Waals surface area (Å²) in [5, 5.41) is 12.1. The molecule has 3 aromatic rings. The normalized spacial score (nSPS) is 25.9. The number of H-pyrrole nitrogens is 1. The van der Waals surface area contributed by atoms with Crippen LogP contribution in [-0.2, 0) is 13.0 Å². The molecule has 5 rings (SSSR count). The standard InChI is InChI=1S/C22H24N2O/c1-14-6-5-9-16-17-12-19-20(25)11-10-18(22(17)23-21(14)16)24(19)13-15-7-3-2-4-8-15/h2-9,18-20,23,25H,10-13H2,1H3/t18-,19-,20-/m1/s1. The Morgan fingerprint density at radius 1 is 1.08 bits per heavy atom. The summed E-state index contributed by atoms with van der Waals surface area (Å²) < 4.78 is 0. The van der Waals surface area contributed by atoms with Crippen LogP contribution in [0.2, 0.25) is 0 Å². The van der Waals surface area contributed by atoms with Crippen LogP contribution in [0, 0.1) is 6.92 Å². The molecule has 3 atom stereocenters. The van der Waals surface area contributed by atoms with E-state index in [0.717, 1.165) is 25.8 Å². The fraction of sp³-hybridized carbons (Fsp3) is 0.364. The van der Waals surface area contributed by atoms with Crippen molar-refractivity contribution in [3.05, 3.63) is 70.9 Å². The number of aromatic nitrogens is 1. The smallest absolute Gasteiger partial charge is 0.0699 e. The molecule has 0 spiro atoms. The molecule has 1 fully saturated rings. The lowest BCUT2D eigenvalue weighted by Gasteiger charge is -2.48. The number of piperidine rings is 1. The summed E-state index contributed by atoms with van der Waals surface area (Å²) in [6, 6.07) is 17.8. The fourth-order valence-corrected chi connectivity index (χ4v) is 4.88. The molecule has 0 saturated carbocycles. The summed E-state index contributed by atoms with van der Waals surface area (Å²) in [5.41, 5.74) is 6.70. The molecule has 3 nitrogen and oxygen atoms in total. The summed E-state index contributed by atoms with van der Waals surface area (Å²) in [5.74, 6) is 0. The van der Waals surface area contributed by atoms with Crippen molar-refractivity contribution in [1.82, 2.24) is 9.88 Å². The van der Waals surface area contributed by atoms with E-state index in [4.69, 9.17) is 0 Å². The summed E-state index contributed by atoms with van der Waals surface area (Å²) >= 11 is 0. The molecule has 0 unspecified atom stereocenters. The van der Waals surface area contributed by atoms with Gasteiger partial charge in [-0.15, -0.1) is 0 Å². The van der Waals surface area contributed by atoms with Gasteiger partial charge in [-0.1, -0.05) is 48.5 Å². The van der Waals surface area contributed by atoms with E-state index in [0.29, 0.717) is 6.04 Å². The molecule has 128 valence electrons. The first-order valence-corrected chi connectivity index (χ1v) is 9.30. The van der Waals surface area contributed by atoms with E-state index in [-0.39, 0.29) is 12.1 Å². The lowest BCUT2D eigenvalue weighted by atomic mass is 9.80. The van der Waals surface area contributed by atoms with Gasteiger partial charge >= 0.3 is 0 Å². The molecule has 0 aliphatic carbocycles. The fourth-order valence-electron chi connectivity index (χ4n) is 4.88. The molecule has 3 heterocycles.